The molecule has 2 aromatic rings. The van der Waals surface area contributed by atoms with Crippen LogP contribution in [0, 0.1) is 5.82 Å². The van der Waals surface area contributed by atoms with Crippen molar-refractivity contribution in [3.8, 4) is 5.75 Å². The number of pyridine rings is 1. The molecule has 0 aliphatic rings. The molecule has 0 aliphatic heterocycles. The van der Waals surface area contributed by atoms with Crippen LogP contribution in [0.3, 0.4) is 0 Å². The molecule has 0 radical (unpaired) electrons. The topological polar surface area (TPSA) is 34.1 Å². The monoisotopic (exact) mass is 266 g/mol. The summed E-state index contributed by atoms with van der Waals surface area (Å²) in [4.78, 5) is 4.29. The predicted molar refractivity (Wildman–Crippen MR) is 69.5 cm³/mol. The number of ether oxygens (including phenoxy) is 1. The fourth-order valence-corrected chi connectivity index (χ4v) is 1.54. The lowest BCUT2D eigenvalue weighted by molar-refractivity contribution is 0.300. The first-order valence-electron chi connectivity index (χ1n) is 5.40. The van der Waals surface area contributed by atoms with E-state index in [1.807, 2.05) is 18.2 Å². The Kier molecular flexibility index (Phi) is 3.99. The fraction of sp³-hybridized carbons (Fsp3) is 0.154. The van der Waals surface area contributed by atoms with Gasteiger partial charge in [-0.3, -0.25) is 0 Å². The van der Waals surface area contributed by atoms with Crippen molar-refractivity contribution in [2.75, 3.05) is 12.4 Å². The molecule has 2 rings (SSSR count). The first-order chi connectivity index (χ1) is 8.69. The van der Waals surface area contributed by atoms with Crippen molar-refractivity contribution in [3.05, 3.63) is 52.9 Å². The van der Waals surface area contributed by atoms with Crippen LogP contribution in [0.5, 0.6) is 5.75 Å². The number of halogens is 2. The van der Waals surface area contributed by atoms with Gasteiger partial charge in [-0.1, -0.05) is 17.7 Å². The van der Waals surface area contributed by atoms with Crippen molar-refractivity contribution < 1.29 is 9.13 Å². The predicted octanol–water partition coefficient (Wildman–Crippen LogP) is 3.49. The Hall–Kier alpha value is -1.81. The number of nitrogens with one attached hydrogen (secondary N) is 1. The van der Waals surface area contributed by atoms with Crippen molar-refractivity contribution in [2.45, 2.75) is 6.61 Å². The van der Waals surface area contributed by atoms with Crippen LogP contribution in [0.1, 0.15) is 5.69 Å². The molecule has 0 unspecified atom stereocenters. The molecule has 0 amide bonds. The number of rotatable bonds is 4. The molecule has 18 heavy (non-hydrogen) atoms. The van der Waals surface area contributed by atoms with Gasteiger partial charge in [0.2, 0.25) is 0 Å². The molecule has 1 aromatic heterocycles. The van der Waals surface area contributed by atoms with Gasteiger partial charge >= 0.3 is 0 Å². The van der Waals surface area contributed by atoms with E-state index in [1.165, 1.54) is 12.1 Å². The van der Waals surface area contributed by atoms with Crippen LogP contribution in [-0.4, -0.2) is 12.0 Å². The van der Waals surface area contributed by atoms with E-state index < -0.39 is 5.82 Å². The fourth-order valence-electron chi connectivity index (χ4n) is 1.42. The molecule has 0 spiro atoms. The van der Waals surface area contributed by atoms with Crippen molar-refractivity contribution in [1.82, 2.24) is 4.98 Å². The van der Waals surface area contributed by atoms with E-state index in [9.17, 15) is 4.39 Å². The zero-order valence-electron chi connectivity index (χ0n) is 9.78. The van der Waals surface area contributed by atoms with E-state index in [0.29, 0.717) is 5.75 Å². The highest BCUT2D eigenvalue weighted by Crippen LogP contribution is 2.21. The highest BCUT2D eigenvalue weighted by molar-refractivity contribution is 6.30. The van der Waals surface area contributed by atoms with E-state index in [1.54, 1.807) is 13.1 Å². The molecule has 0 atom stereocenters. The summed E-state index contributed by atoms with van der Waals surface area (Å²) in [6, 6.07) is 9.90. The molecule has 0 saturated heterocycles. The van der Waals surface area contributed by atoms with Gasteiger partial charge in [0.1, 0.15) is 24.0 Å². The summed E-state index contributed by atoms with van der Waals surface area (Å²) in [6.07, 6.45) is 0. The van der Waals surface area contributed by atoms with Gasteiger partial charge in [0.05, 0.1) is 10.7 Å². The second kappa shape index (κ2) is 5.69. The summed E-state index contributed by atoms with van der Waals surface area (Å²) in [5.74, 6) is 0.693. The van der Waals surface area contributed by atoms with Crippen LogP contribution >= 0.6 is 11.6 Å². The van der Waals surface area contributed by atoms with Gasteiger partial charge in [0.15, 0.2) is 0 Å². The quantitative estimate of drug-likeness (QED) is 0.920. The molecule has 1 heterocycles. The summed E-state index contributed by atoms with van der Waals surface area (Å²) in [5.41, 5.74) is 0.761. The summed E-state index contributed by atoms with van der Waals surface area (Å²) in [5, 5.41) is 3.02. The number of hydrogen-bond acceptors (Lipinski definition) is 3. The van der Waals surface area contributed by atoms with Crippen molar-refractivity contribution in [3.63, 3.8) is 0 Å². The Morgan fingerprint density at radius 1 is 1.33 bits per heavy atom. The first-order valence-corrected chi connectivity index (χ1v) is 5.78. The maximum atomic E-state index is 13.2. The van der Waals surface area contributed by atoms with Crippen LogP contribution in [0.2, 0.25) is 5.02 Å². The van der Waals surface area contributed by atoms with E-state index >= 15 is 0 Å². The molecule has 0 saturated carbocycles. The summed E-state index contributed by atoms with van der Waals surface area (Å²) in [7, 11) is 1.79. The van der Waals surface area contributed by atoms with Gasteiger partial charge in [-0.2, -0.15) is 0 Å². The molecule has 94 valence electrons. The Labute approximate surface area is 110 Å². The Morgan fingerprint density at radius 3 is 2.89 bits per heavy atom. The van der Waals surface area contributed by atoms with Gasteiger partial charge in [0, 0.05) is 13.1 Å². The minimum absolute atomic E-state index is 0.0812. The minimum Gasteiger partial charge on any atom is -0.487 e. The van der Waals surface area contributed by atoms with Crippen LogP contribution in [-0.2, 0) is 6.61 Å². The van der Waals surface area contributed by atoms with Gasteiger partial charge in [0.25, 0.3) is 0 Å². The average molecular weight is 267 g/mol. The normalized spacial score (nSPS) is 10.2. The molecule has 1 aromatic carbocycles. The lowest BCUT2D eigenvalue weighted by Crippen LogP contribution is -2.01. The zero-order chi connectivity index (χ0) is 13.0. The highest BCUT2D eigenvalue weighted by atomic mass is 35.5. The molecular formula is C13H12ClFN2O. The SMILES string of the molecule is CNc1cccc(COc2ccc(Cl)c(F)c2)n1. The Bertz CT molecular complexity index is 548. The summed E-state index contributed by atoms with van der Waals surface area (Å²) < 4.78 is 18.6. The highest BCUT2D eigenvalue weighted by Gasteiger charge is 2.03. The zero-order valence-corrected chi connectivity index (χ0v) is 10.5. The number of hydrogen-bond donors (Lipinski definition) is 1. The molecule has 5 heteroatoms. The van der Waals surface area contributed by atoms with Crippen LogP contribution in [0.25, 0.3) is 0 Å². The molecule has 0 aliphatic carbocycles. The largest absolute Gasteiger partial charge is 0.487 e. The Balaban J connectivity index is 2.04. The minimum atomic E-state index is -0.494. The van der Waals surface area contributed by atoms with E-state index in [4.69, 9.17) is 16.3 Å². The van der Waals surface area contributed by atoms with Gasteiger partial charge < -0.3 is 10.1 Å². The average Bonchev–Trinajstić information content (AvgIpc) is 2.40. The third kappa shape index (κ3) is 3.11. The smallest absolute Gasteiger partial charge is 0.145 e. The summed E-state index contributed by atoms with van der Waals surface area (Å²) in [6.45, 7) is 0.274. The van der Waals surface area contributed by atoms with Gasteiger partial charge in [-0.25, -0.2) is 9.37 Å². The van der Waals surface area contributed by atoms with Crippen molar-refractivity contribution >= 4 is 17.4 Å². The molecular weight excluding hydrogens is 255 g/mol. The maximum Gasteiger partial charge on any atom is 0.145 e. The molecule has 0 bridgehead atoms. The third-order valence-electron chi connectivity index (χ3n) is 2.34. The van der Waals surface area contributed by atoms with Crippen molar-refractivity contribution in [2.24, 2.45) is 0 Å². The molecule has 3 nitrogen and oxygen atoms in total. The van der Waals surface area contributed by atoms with Crippen LogP contribution in [0.15, 0.2) is 36.4 Å². The van der Waals surface area contributed by atoms with Crippen molar-refractivity contribution in [1.29, 1.82) is 0 Å². The first kappa shape index (κ1) is 12.6. The second-order valence-corrected chi connectivity index (χ2v) is 4.04. The lowest BCUT2D eigenvalue weighted by atomic mass is 10.3. The van der Waals surface area contributed by atoms with E-state index in [0.717, 1.165) is 11.5 Å². The van der Waals surface area contributed by atoms with E-state index in [2.05, 4.69) is 10.3 Å². The third-order valence-corrected chi connectivity index (χ3v) is 2.65. The Morgan fingerprint density at radius 2 is 2.17 bits per heavy atom. The maximum absolute atomic E-state index is 13.2. The lowest BCUT2D eigenvalue weighted by Gasteiger charge is -2.07. The van der Waals surface area contributed by atoms with Crippen LogP contribution < -0.4 is 10.1 Å². The molecule has 0 fully saturated rings. The number of nitrogens with zero attached hydrogens (tertiary/aromatic N) is 1. The molecule has 1 N–H and O–H groups in total. The standard InChI is InChI=1S/C13H12ClFN2O/c1-16-13-4-2-3-9(17-13)8-18-10-5-6-11(14)12(15)7-10/h2-7H,8H2,1H3,(H,16,17). The number of aromatic nitrogens is 1. The number of benzene rings is 1. The van der Waals surface area contributed by atoms with Gasteiger partial charge in [-0.15, -0.1) is 0 Å². The van der Waals surface area contributed by atoms with E-state index in [-0.39, 0.29) is 11.6 Å². The van der Waals surface area contributed by atoms with Crippen LogP contribution in [0.4, 0.5) is 10.2 Å². The van der Waals surface area contributed by atoms with Gasteiger partial charge in [-0.05, 0) is 24.3 Å². The number of anilines is 1. The summed E-state index contributed by atoms with van der Waals surface area (Å²) >= 11 is 5.59. The second-order valence-electron chi connectivity index (χ2n) is 3.63.